The van der Waals surface area contributed by atoms with Gasteiger partial charge < -0.3 is 19.5 Å². The van der Waals surface area contributed by atoms with Crippen LogP contribution in [0.5, 0.6) is 5.75 Å². The van der Waals surface area contributed by atoms with Gasteiger partial charge in [0.2, 0.25) is 5.91 Å². The summed E-state index contributed by atoms with van der Waals surface area (Å²) in [6, 6.07) is 15.2. The second kappa shape index (κ2) is 8.18. The smallest absolute Gasteiger partial charge is 0.277 e. The van der Waals surface area contributed by atoms with E-state index in [1.165, 1.54) is 11.8 Å². The minimum absolute atomic E-state index is 0.149. The number of H-pyrrole nitrogens is 1. The number of amides is 1. The van der Waals surface area contributed by atoms with E-state index in [1.54, 1.807) is 6.07 Å². The average molecular weight is 394 g/mol. The second-order valence-electron chi connectivity index (χ2n) is 5.89. The van der Waals surface area contributed by atoms with Crippen molar-refractivity contribution in [2.24, 2.45) is 0 Å². The first-order valence-electron chi connectivity index (χ1n) is 8.79. The number of fused-ring (bicyclic) bond motifs is 1. The summed E-state index contributed by atoms with van der Waals surface area (Å²) in [5.74, 6) is 1.03. The highest BCUT2D eigenvalue weighted by atomic mass is 32.2. The zero-order chi connectivity index (χ0) is 19.3. The van der Waals surface area contributed by atoms with Crippen molar-refractivity contribution in [2.45, 2.75) is 12.1 Å². The molecule has 0 fully saturated rings. The molecule has 2 heterocycles. The largest absolute Gasteiger partial charge is 0.492 e. The summed E-state index contributed by atoms with van der Waals surface area (Å²) in [5.41, 5.74) is 2.47. The number of hydrogen-bond acceptors (Lipinski definition) is 6. The maximum Gasteiger partial charge on any atom is 0.277 e. The topological polar surface area (TPSA) is 93.0 Å². The minimum Gasteiger partial charge on any atom is -0.492 e. The number of anilines is 1. The molecule has 142 valence electrons. The van der Waals surface area contributed by atoms with Crippen molar-refractivity contribution in [3.8, 4) is 17.2 Å². The molecule has 0 saturated carbocycles. The Morgan fingerprint density at radius 3 is 2.89 bits per heavy atom. The first-order valence-corrected chi connectivity index (χ1v) is 9.77. The molecule has 0 spiro atoms. The van der Waals surface area contributed by atoms with Gasteiger partial charge in [-0.15, -0.1) is 10.2 Å². The van der Waals surface area contributed by atoms with Crippen LogP contribution in [0.3, 0.4) is 0 Å². The Morgan fingerprint density at radius 2 is 2.00 bits per heavy atom. The van der Waals surface area contributed by atoms with E-state index in [-0.39, 0.29) is 11.7 Å². The molecule has 0 unspecified atom stereocenters. The van der Waals surface area contributed by atoms with Crippen molar-refractivity contribution >= 4 is 34.3 Å². The highest BCUT2D eigenvalue weighted by Crippen LogP contribution is 2.29. The van der Waals surface area contributed by atoms with Crippen molar-refractivity contribution in [3.05, 3.63) is 54.7 Å². The molecule has 0 radical (unpaired) electrons. The number of thioether (sulfide) groups is 1. The molecule has 1 amide bonds. The Morgan fingerprint density at radius 1 is 1.18 bits per heavy atom. The Bertz CT molecular complexity index is 1110. The van der Waals surface area contributed by atoms with Gasteiger partial charge in [0.15, 0.2) is 0 Å². The highest BCUT2D eigenvalue weighted by molar-refractivity contribution is 7.99. The Hall–Kier alpha value is -3.26. The van der Waals surface area contributed by atoms with Gasteiger partial charge in [0, 0.05) is 17.1 Å². The van der Waals surface area contributed by atoms with Gasteiger partial charge in [-0.25, -0.2) is 0 Å². The Kier molecular flexibility index (Phi) is 5.29. The Labute approximate surface area is 165 Å². The fraction of sp³-hybridized carbons (Fsp3) is 0.150. The third kappa shape index (κ3) is 3.86. The van der Waals surface area contributed by atoms with Crippen LogP contribution in [0.4, 0.5) is 5.69 Å². The van der Waals surface area contributed by atoms with Gasteiger partial charge in [-0.2, -0.15) is 0 Å². The molecule has 8 heteroatoms. The fourth-order valence-electron chi connectivity index (χ4n) is 2.79. The summed E-state index contributed by atoms with van der Waals surface area (Å²) in [6.45, 7) is 2.43. The lowest BCUT2D eigenvalue weighted by atomic mass is 10.2. The van der Waals surface area contributed by atoms with Crippen molar-refractivity contribution in [3.63, 3.8) is 0 Å². The van der Waals surface area contributed by atoms with Crippen LogP contribution in [0.1, 0.15) is 6.92 Å². The van der Waals surface area contributed by atoms with Crippen molar-refractivity contribution < 1.29 is 13.9 Å². The van der Waals surface area contributed by atoms with Crippen molar-refractivity contribution in [1.29, 1.82) is 0 Å². The van der Waals surface area contributed by atoms with E-state index < -0.39 is 0 Å². The van der Waals surface area contributed by atoms with E-state index in [4.69, 9.17) is 9.15 Å². The SMILES string of the molecule is CCOc1ccccc1NC(=O)CSc1nnc(-c2c[nH]c3ccccc23)o1. The van der Waals surface area contributed by atoms with E-state index in [0.29, 0.717) is 29.2 Å². The molecule has 0 aliphatic rings. The van der Waals surface area contributed by atoms with E-state index in [9.17, 15) is 4.79 Å². The lowest BCUT2D eigenvalue weighted by Crippen LogP contribution is -2.14. The molecule has 7 nitrogen and oxygen atoms in total. The molecular weight excluding hydrogens is 376 g/mol. The van der Waals surface area contributed by atoms with Crippen molar-refractivity contribution in [2.75, 3.05) is 17.7 Å². The number of aromatic nitrogens is 3. The average Bonchev–Trinajstić information content (AvgIpc) is 3.35. The fourth-order valence-corrected chi connectivity index (χ4v) is 3.35. The molecule has 2 N–H and O–H groups in total. The first-order chi connectivity index (χ1) is 13.7. The standard InChI is InChI=1S/C20H18N4O3S/c1-2-26-17-10-6-5-9-16(17)22-18(25)12-28-20-24-23-19(27-20)14-11-21-15-8-4-3-7-13(14)15/h3-11,21H,2,12H2,1H3,(H,22,25). The third-order valence-corrected chi connectivity index (χ3v) is 4.83. The molecular formula is C20H18N4O3S. The van der Waals surface area contributed by atoms with Crippen LogP contribution in [0, 0.1) is 0 Å². The molecule has 4 aromatic rings. The number of hydrogen-bond donors (Lipinski definition) is 2. The number of benzene rings is 2. The van der Waals surface area contributed by atoms with Gasteiger partial charge >= 0.3 is 0 Å². The van der Waals surface area contributed by atoms with E-state index >= 15 is 0 Å². The maximum atomic E-state index is 12.3. The van der Waals surface area contributed by atoms with E-state index in [2.05, 4.69) is 20.5 Å². The van der Waals surface area contributed by atoms with Gasteiger partial charge in [-0.1, -0.05) is 42.1 Å². The molecule has 2 aromatic heterocycles. The molecule has 2 aromatic carbocycles. The number of para-hydroxylation sites is 3. The molecule has 0 atom stereocenters. The molecule has 28 heavy (non-hydrogen) atoms. The van der Waals surface area contributed by atoms with Gasteiger partial charge in [0.05, 0.1) is 23.6 Å². The first kappa shape index (κ1) is 18.1. The number of ether oxygens (including phenoxy) is 1. The number of nitrogens with zero attached hydrogens (tertiary/aromatic N) is 2. The van der Waals surface area contributed by atoms with E-state index in [1.807, 2.05) is 55.6 Å². The van der Waals surface area contributed by atoms with Gasteiger partial charge in [-0.05, 0) is 25.1 Å². The van der Waals surface area contributed by atoms with Crippen LogP contribution in [0.25, 0.3) is 22.4 Å². The van der Waals surface area contributed by atoms with Crippen molar-refractivity contribution in [1.82, 2.24) is 15.2 Å². The number of carbonyl (C=O) groups is 1. The summed E-state index contributed by atoms with van der Waals surface area (Å²) < 4.78 is 11.2. The zero-order valence-electron chi connectivity index (χ0n) is 15.1. The number of nitrogens with one attached hydrogen (secondary N) is 2. The molecule has 0 aliphatic heterocycles. The number of aromatic amines is 1. The lowest BCUT2D eigenvalue weighted by Gasteiger charge is -2.10. The summed E-state index contributed by atoms with van der Waals surface area (Å²) in [4.78, 5) is 15.4. The van der Waals surface area contributed by atoms with Crippen LogP contribution < -0.4 is 10.1 Å². The molecule has 4 rings (SSSR count). The molecule has 0 bridgehead atoms. The van der Waals surface area contributed by atoms with Gasteiger partial charge in [0.25, 0.3) is 11.1 Å². The summed E-state index contributed by atoms with van der Waals surface area (Å²) >= 11 is 1.19. The van der Waals surface area contributed by atoms with Crippen LogP contribution in [-0.2, 0) is 4.79 Å². The van der Waals surface area contributed by atoms with Crippen LogP contribution in [0.15, 0.2) is 64.4 Å². The third-order valence-electron chi connectivity index (χ3n) is 4.01. The predicted octanol–water partition coefficient (Wildman–Crippen LogP) is 4.35. The molecule has 0 aliphatic carbocycles. The van der Waals surface area contributed by atoms with Crippen LogP contribution in [0.2, 0.25) is 0 Å². The summed E-state index contributed by atoms with van der Waals surface area (Å²) in [5, 5.41) is 12.3. The minimum atomic E-state index is -0.177. The summed E-state index contributed by atoms with van der Waals surface area (Å²) in [6.07, 6.45) is 1.84. The highest BCUT2D eigenvalue weighted by Gasteiger charge is 2.15. The lowest BCUT2D eigenvalue weighted by molar-refractivity contribution is -0.113. The number of carbonyl (C=O) groups excluding carboxylic acids is 1. The predicted molar refractivity (Wildman–Crippen MR) is 109 cm³/mol. The maximum absolute atomic E-state index is 12.3. The molecule has 0 saturated heterocycles. The Balaban J connectivity index is 1.40. The quantitative estimate of drug-likeness (QED) is 0.453. The zero-order valence-corrected chi connectivity index (χ0v) is 16.0. The monoisotopic (exact) mass is 394 g/mol. The van der Waals surface area contributed by atoms with Crippen LogP contribution in [-0.4, -0.2) is 33.4 Å². The van der Waals surface area contributed by atoms with Gasteiger partial charge in [-0.3, -0.25) is 4.79 Å². The number of rotatable bonds is 7. The van der Waals surface area contributed by atoms with Crippen LogP contribution >= 0.6 is 11.8 Å². The normalized spacial score (nSPS) is 10.9. The summed E-state index contributed by atoms with van der Waals surface area (Å²) in [7, 11) is 0. The van der Waals surface area contributed by atoms with Gasteiger partial charge in [0.1, 0.15) is 5.75 Å². The van der Waals surface area contributed by atoms with E-state index in [0.717, 1.165) is 16.5 Å². The second-order valence-corrected chi connectivity index (χ2v) is 6.81.